The maximum absolute atomic E-state index is 13.3. The molecule has 1 atom stereocenters. The number of alkyl halides is 1. The Labute approximate surface area is 101 Å². The zero-order chi connectivity index (χ0) is 12.1. The summed E-state index contributed by atoms with van der Waals surface area (Å²) in [6.07, 6.45) is 14.6. The average molecular weight is 228 g/mol. The summed E-state index contributed by atoms with van der Waals surface area (Å²) in [5, 5.41) is 0. The van der Waals surface area contributed by atoms with Gasteiger partial charge in [0.2, 0.25) is 0 Å². The Morgan fingerprint density at radius 2 is 1.50 bits per heavy atom. The fourth-order valence-corrected chi connectivity index (χ4v) is 1.80. The SMILES string of the molecule is CCCCCCC=CC(F)CCCCCC. The molecule has 0 N–H and O–H groups in total. The molecule has 0 aromatic heterocycles. The fourth-order valence-electron chi connectivity index (χ4n) is 1.80. The summed E-state index contributed by atoms with van der Waals surface area (Å²) in [6.45, 7) is 4.40. The second-order valence-corrected chi connectivity index (χ2v) is 4.64. The minimum Gasteiger partial charge on any atom is -0.243 e. The van der Waals surface area contributed by atoms with Crippen molar-refractivity contribution in [3.63, 3.8) is 0 Å². The van der Waals surface area contributed by atoms with E-state index in [1.54, 1.807) is 6.08 Å². The highest BCUT2D eigenvalue weighted by molar-refractivity contribution is 4.88. The summed E-state index contributed by atoms with van der Waals surface area (Å²) in [5.74, 6) is 0. The van der Waals surface area contributed by atoms with Crippen molar-refractivity contribution in [1.29, 1.82) is 0 Å². The minimum absolute atomic E-state index is 0.706. The fraction of sp³-hybridized carbons (Fsp3) is 0.867. The first kappa shape index (κ1) is 15.7. The zero-order valence-electron chi connectivity index (χ0n) is 11.2. The van der Waals surface area contributed by atoms with E-state index in [0.29, 0.717) is 6.42 Å². The molecule has 0 bridgehead atoms. The predicted octanol–water partition coefficient (Wildman–Crippen LogP) is 5.82. The lowest BCUT2D eigenvalue weighted by Gasteiger charge is -2.02. The number of unbranched alkanes of at least 4 members (excludes halogenated alkanes) is 7. The van der Waals surface area contributed by atoms with Gasteiger partial charge in [0.05, 0.1) is 0 Å². The molecule has 0 amide bonds. The summed E-state index contributed by atoms with van der Waals surface area (Å²) in [5.41, 5.74) is 0. The summed E-state index contributed by atoms with van der Waals surface area (Å²) in [7, 11) is 0. The van der Waals surface area contributed by atoms with E-state index in [-0.39, 0.29) is 0 Å². The molecular weight excluding hydrogens is 199 g/mol. The molecule has 0 aliphatic carbocycles. The Hall–Kier alpha value is -0.330. The monoisotopic (exact) mass is 228 g/mol. The smallest absolute Gasteiger partial charge is 0.118 e. The maximum Gasteiger partial charge on any atom is 0.118 e. The van der Waals surface area contributed by atoms with Crippen LogP contribution in [-0.2, 0) is 0 Å². The van der Waals surface area contributed by atoms with Gasteiger partial charge in [-0.1, -0.05) is 70.9 Å². The average Bonchev–Trinajstić information content (AvgIpc) is 2.29. The van der Waals surface area contributed by atoms with E-state index in [1.807, 2.05) is 6.08 Å². The number of hydrogen-bond acceptors (Lipinski definition) is 0. The highest BCUT2D eigenvalue weighted by atomic mass is 19.1. The van der Waals surface area contributed by atoms with Crippen molar-refractivity contribution in [3.05, 3.63) is 12.2 Å². The van der Waals surface area contributed by atoms with Gasteiger partial charge in [0, 0.05) is 0 Å². The van der Waals surface area contributed by atoms with Gasteiger partial charge in [0.15, 0.2) is 0 Å². The normalized spacial score (nSPS) is 13.4. The molecule has 0 aromatic rings. The van der Waals surface area contributed by atoms with Crippen LogP contribution in [0, 0.1) is 0 Å². The summed E-state index contributed by atoms with van der Waals surface area (Å²) < 4.78 is 13.3. The van der Waals surface area contributed by atoms with Gasteiger partial charge < -0.3 is 0 Å². The summed E-state index contributed by atoms with van der Waals surface area (Å²) >= 11 is 0. The summed E-state index contributed by atoms with van der Waals surface area (Å²) in [4.78, 5) is 0. The zero-order valence-corrected chi connectivity index (χ0v) is 11.2. The van der Waals surface area contributed by atoms with Gasteiger partial charge in [-0.05, 0) is 19.3 Å². The van der Waals surface area contributed by atoms with Crippen molar-refractivity contribution in [2.45, 2.75) is 84.2 Å². The molecule has 0 rings (SSSR count). The van der Waals surface area contributed by atoms with Gasteiger partial charge in [-0.3, -0.25) is 0 Å². The third-order valence-electron chi connectivity index (χ3n) is 2.90. The van der Waals surface area contributed by atoms with Crippen LogP contribution >= 0.6 is 0 Å². The third-order valence-corrected chi connectivity index (χ3v) is 2.90. The molecule has 1 unspecified atom stereocenters. The molecule has 1 heteroatoms. The summed E-state index contributed by atoms with van der Waals surface area (Å²) in [6, 6.07) is 0. The minimum atomic E-state index is -0.706. The van der Waals surface area contributed by atoms with Crippen molar-refractivity contribution < 1.29 is 4.39 Å². The standard InChI is InChI=1S/C15H29F/c1-3-5-7-9-10-12-14-15(16)13-11-8-6-4-2/h12,14-15H,3-11,13H2,1-2H3. The lowest BCUT2D eigenvalue weighted by Crippen LogP contribution is -1.94. The van der Waals surface area contributed by atoms with Crippen molar-refractivity contribution in [1.82, 2.24) is 0 Å². The molecule has 0 saturated heterocycles. The van der Waals surface area contributed by atoms with Crippen LogP contribution in [0.4, 0.5) is 4.39 Å². The van der Waals surface area contributed by atoms with Crippen LogP contribution in [0.2, 0.25) is 0 Å². The van der Waals surface area contributed by atoms with Gasteiger partial charge in [0.25, 0.3) is 0 Å². The van der Waals surface area contributed by atoms with Crippen molar-refractivity contribution in [2.24, 2.45) is 0 Å². The molecular formula is C15H29F. The Balaban J connectivity index is 3.26. The lowest BCUT2D eigenvalue weighted by atomic mass is 10.1. The first-order chi connectivity index (χ1) is 7.81. The first-order valence-corrected chi connectivity index (χ1v) is 7.12. The maximum atomic E-state index is 13.3. The van der Waals surface area contributed by atoms with E-state index in [4.69, 9.17) is 0 Å². The Bertz CT molecular complexity index is 152. The molecule has 0 saturated carbocycles. The quantitative estimate of drug-likeness (QED) is 0.309. The molecule has 0 nitrogen and oxygen atoms in total. The first-order valence-electron chi connectivity index (χ1n) is 7.12. The largest absolute Gasteiger partial charge is 0.243 e. The van der Waals surface area contributed by atoms with E-state index in [9.17, 15) is 4.39 Å². The molecule has 16 heavy (non-hydrogen) atoms. The van der Waals surface area contributed by atoms with Gasteiger partial charge in [0.1, 0.15) is 6.17 Å². The molecule has 0 fully saturated rings. The van der Waals surface area contributed by atoms with E-state index >= 15 is 0 Å². The van der Waals surface area contributed by atoms with Crippen LogP contribution < -0.4 is 0 Å². The Morgan fingerprint density at radius 3 is 2.12 bits per heavy atom. The number of halogens is 1. The van der Waals surface area contributed by atoms with E-state index in [2.05, 4.69) is 13.8 Å². The van der Waals surface area contributed by atoms with Crippen LogP contribution in [0.5, 0.6) is 0 Å². The molecule has 0 aliphatic heterocycles. The number of hydrogen-bond donors (Lipinski definition) is 0. The topological polar surface area (TPSA) is 0 Å². The number of rotatable bonds is 11. The van der Waals surface area contributed by atoms with Gasteiger partial charge in [-0.25, -0.2) is 4.39 Å². The highest BCUT2D eigenvalue weighted by Crippen LogP contribution is 2.10. The van der Waals surface area contributed by atoms with Crippen molar-refractivity contribution in [2.75, 3.05) is 0 Å². The Morgan fingerprint density at radius 1 is 0.875 bits per heavy atom. The molecule has 0 radical (unpaired) electrons. The molecule has 0 heterocycles. The van der Waals surface area contributed by atoms with Gasteiger partial charge in [-0.15, -0.1) is 0 Å². The van der Waals surface area contributed by atoms with Gasteiger partial charge in [-0.2, -0.15) is 0 Å². The number of allylic oxidation sites excluding steroid dienone is 2. The Kier molecular flexibility index (Phi) is 12.5. The van der Waals surface area contributed by atoms with E-state index in [0.717, 1.165) is 12.8 Å². The lowest BCUT2D eigenvalue weighted by molar-refractivity contribution is 0.364. The van der Waals surface area contributed by atoms with Crippen LogP contribution in [-0.4, -0.2) is 6.17 Å². The van der Waals surface area contributed by atoms with Crippen LogP contribution in [0.15, 0.2) is 12.2 Å². The van der Waals surface area contributed by atoms with Crippen LogP contribution in [0.1, 0.15) is 78.1 Å². The van der Waals surface area contributed by atoms with E-state index < -0.39 is 6.17 Å². The van der Waals surface area contributed by atoms with Crippen LogP contribution in [0.25, 0.3) is 0 Å². The van der Waals surface area contributed by atoms with Gasteiger partial charge >= 0.3 is 0 Å². The second kappa shape index (κ2) is 12.7. The molecule has 96 valence electrons. The van der Waals surface area contributed by atoms with Crippen molar-refractivity contribution >= 4 is 0 Å². The molecule has 0 aliphatic rings. The second-order valence-electron chi connectivity index (χ2n) is 4.64. The van der Waals surface area contributed by atoms with Crippen LogP contribution in [0.3, 0.4) is 0 Å². The molecule has 0 spiro atoms. The predicted molar refractivity (Wildman–Crippen MR) is 71.6 cm³/mol. The van der Waals surface area contributed by atoms with E-state index in [1.165, 1.54) is 44.9 Å². The van der Waals surface area contributed by atoms with Crippen molar-refractivity contribution in [3.8, 4) is 0 Å². The molecule has 0 aromatic carbocycles. The highest BCUT2D eigenvalue weighted by Gasteiger charge is 2.00. The third kappa shape index (κ3) is 11.7.